The number of aliphatic imine (C=N–C) groups is 1. The van der Waals surface area contributed by atoms with E-state index in [9.17, 15) is 0 Å². The van der Waals surface area contributed by atoms with Crippen LogP contribution in [0.2, 0.25) is 0 Å². The molecule has 0 aliphatic heterocycles. The maximum absolute atomic E-state index is 5.61. The van der Waals surface area contributed by atoms with Crippen LogP contribution in [0.5, 0.6) is 0 Å². The zero-order valence-electron chi connectivity index (χ0n) is 8.89. The van der Waals surface area contributed by atoms with Crippen LogP contribution in [0.15, 0.2) is 23.7 Å². The van der Waals surface area contributed by atoms with Crippen molar-refractivity contribution in [1.82, 2.24) is 14.9 Å². The van der Waals surface area contributed by atoms with Gasteiger partial charge < -0.3 is 20.4 Å². The zero-order chi connectivity index (χ0) is 10.9. The molecular weight excluding hydrogens is 194 g/mol. The average molecular weight is 211 g/mol. The van der Waals surface area contributed by atoms with E-state index in [2.05, 4.69) is 15.3 Å². The molecule has 0 saturated heterocycles. The van der Waals surface area contributed by atoms with Crippen molar-refractivity contribution in [1.29, 1.82) is 0 Å². The first-order valence-corrected chi connectivity index (χ1v) is 4.81. The fraction of sp³-hybridized carbons (Fsp3) is 0.556. The lowest BCUT2D eigenvalue weighted by Crippen LogP contribution is -2.34. The summed E-state index contributed by atoms with van der Waals surface area (Å²) in [6, 6.07) is 0. The number of guanidine groups is 1. The minimum absolute atomic E-state index is 0.451. The molecule has 1 aromatic heterocycles. The third-order valence-corrected chi connectivity index (χ3v) is 1.81. The van der Waals surface area contributed by atoms with E-state index in [0.29, 0.717) is 19.1 Å². The molecule has 84 valence electrons. The van der Waals surface area contributed by atoms with E-state index in [4.69, 9.17) is 10.5 Å². The van der Waals surface area contributed by atoms with E-state index in [1.807, 2.05) is 10.8 Å². The van der Waals surface area contributed by atoms with Crippen molar-refractivity contribution in [3.63, 3.8) is 0 Å². The van der Waals surface area contributed by atoms with Crippen molar-refractivity contribution in [2.75, 3.05) is 26.8 Å². The summed E-state index contributed by atoms with van der Waals surface area (Å²) in [5.41, 5.74) is 5.61. The van der Waals surface area contributed by atoms with Crippen LogP contribution >= 0.6 is 0 Å². The number of hydrogen-bond acceptors (Lipinski definition) is 3. The molecule has 3 N–H and O–H groups in total. The molecule has 0 aliphatic carbocycles. The highest BCUT2D eigenvalue weighted by atomic mass is 16.5. The Labute approximate surface area is 89.2 Å². The van der Waals surface area contributed by atoms with Crippen molar-refractivity contribution in [2.24, 2.45) is 10.7 Å². The zero-order valence-corrected chi connectivity index (χ0v) is 8.89. The van der Waals surface area contributed by atoms with Crippen LogP contribution in [-0.2, 0) is 11.3 Å². The Morgan fingerprint density at radius 1 is 1.67 bits per heavy atom. The molecule has 0 aliphatic rings. The molecular formula is C9H17N5O. The SMILES string of the molecule is COCCN=C(N)NCCn1ccnc1. The van der Waals surface area contributed by atoms with Crippen LogP contribution in [0.1, 0.15) is 0 Å². The van der Waals surface area contributed by atoms with Crippen LogP contribution < -0.4 is 11.1 Å². The monoisotopic (exact) mass is 211 g/mol. The summed E-state index contributed by atoms with van der Waals surface area (Å²) in [7, 11) is 1.64. The van der Waals surface area contributed by atoms with Crippen molar-refractivity contribution in [2.45, 2.75) is 6.54 Å². The normalized spacial score (nSPS) is 11.7. The van der Waals surface area contributed by atoms with Crippen LogP contribution in [0.3, 0.4) is 0 Å². The predicted octanol–water partition coefficient (Wildman–Crippen LogP) is -0.566. The van der Waals surface area contributed by atoms with E-state index in [1.165, 1.54) is 0 Å². The fourth-order valence-electron chi connectivity index (χ4n) is 1.05. The number of rotatable bonds is 6. The van der Waals surface area contributed by atoms with Gasteiger partial charge in [0.15, 0.2) is 5.96 Å². The first-order valence-electron chi connectivity index (χ1n) is 4.81. The molecule has 0 amide bonds. The smallest absolute Gasteiger partial charge is 0.188 e. The third kappa shape index (κ3) is 5.02. The second-order valence-corrected chi connectivity index (χ2v) is 2.99. The number of nitrogens with two attached hydrogens (primary N) is 1. The van der Waals surface area contributed by atoms with Crippen molar-refractivity contribution < 1.29 is 4.74 Å². The summed E-state index contributed by atoms with van der Waals surface area (Å²) in [5.74, 6) is 0.451. The summed E-state index contributed by atoms with van der Waals surface area (Å²) in [4.78, 5) is 8.00. The van der Waals surface area contributed by atoms with Gasteiger partial charge in [-0.1, -0.05) is 0 Å². The van der Waals surface area contributed by atoms with Gasteiger partial charge in [0, 0.05) is 32.6 Å². The number of imidazole rings is 1. The average Bonchev–Trinajstić information content (AvgIpc) is 2.71. The number of nitrogens with zero attached hydrogens (tertiary/aromatic N) is 3. The lowest BCUT2D eigenvalue weighted by atomic mass is 10.6. The summed E-state index contributed by atoms with van der Waals surface area (Å²) >= 11 is 0. The number of methoxy groups -OCH3 is 1. The summed E-state index contributed by atoms with van der Waals surface area (Å²) in [5, 5.41) is 3.00. The lowest BCUT2D eigenvalue weighted by Gasteiger charge is -2.05. The highest BCUT2D eigenvalue weighted by Crippen LogP contribution is 1.83. The molecule has 15 heavy (non-hydrogen) atoms. The standard InChI is InChI=1S/C9H17N5O/c1-15-7-4-13-9(10)12-3-6-14-5-2-11-8-14/h2,5,8H,3-4,6-7H2,1H3,(H3,10,12,13). The minimum Gasteiger partial charge on any atom is -0.383 e. The highest BCUT2D eigenvalue weighted by molar-refractivity contribution is 5.77. The molecule has 0 bridgehead atoms. The van der Waals surface area contributed by atoms with Crippen LogP contribution in [-0.4, -0.2) is 42.3 Å². The maximum atomic E-state index is 5.61. The first-order chi connectivity index (χ1) is 7.33. The van der Waals surface area contributed by atoms with Gasteiger partial charge in [0.05, 0.1) is 19.5 Å². The molecule has 6 nitrogen and oxygen atoms in total. The summed E-state index contributed by atoms with van der Waals surface area (Å²) in [6.07, 6.45) is 5.41. The molecule has 0 radical (unpaired) electrons. The molecule has 1 aromatic rings. The van der Waals surface area contributed by atoms with Crippen molar-refractivity contribution >= 4 is 5.96 Å². The van der Waals surface area contributed by atoms with Crippen LogP contribution in [0.4, 0.5) is 0 Å². The highest BCUT2D eigenvalue weighted by Gasteiger charge is 1.92. The molecule has 0 atom stereocenters. The van der Waals surface area contributed by atoms with E-state index in [-0.39, 0.29) is 0 Å². The summed E-state index contributed by atoms with van der Waals surface area (Å²) in [6.45, 7) is 2.73. The Morgan fingerprint density at radius 3 is 3.20 bits per heavy atom. The second kappa shape index (κ2) is 6.83. The Bertz CT molecular complexity index is 283. The molecule has 0 saturated carbocycles. The van der Waals surface area contributed by atoms with Gasteiger partial charge in [-0.3, -0.25) is 4.99 Å². The molecule has 0 spiro atoms. The van der Waals surface area contributed by atoms with E-state index >= 15 is 0 Å². The summed E-state index contributed by atoms with van der Waals surface area (Å²) < 4.78 is 6.82. The van der Waals surface area contributed by atoms with Crippen molar-refractivity contribution in [3.8, 4) is 0 Å². The van der Waals surface area contributed by atoms with E-state index in [0.717, 1.165) is 13.1 Å². The quantitative estimate of drug-likeness (QED) is 0.375. The topological polar surface area (TPSA) is 77.5 Å². The largest absolute Gasteiger partial charge is 0.383 e. The van der Waals surface area contributed by atoms with Gasteiger partial charge in [-0.2, -0.15) is 0 Å². The lowest BCUT2D eigenvalue weighted by molar-refractivity contribution is 0.208. The van der Waals surface area contributed by atoms with Gasteiger partial charge in [-0.25, -0.2) is 4.98 Å². The number of hydrogen-bond donors (Lipinski definition) is 2. The van der Waals surface area contributed by atoms with Crippen LogP contribution in [0.25, 0.3) is 0 Å². The molecule has 0 aromatic carbocycles. The predicted molar refractivity (Wildman–Crippen MR) is 58.6 cm³/mol. The minimum atomic E-state index is 0.451. The van der Waals surface area contributed by atoms with Crippen molar-refractivity contribution in [3.05, 3.63) is 18.7 Å². The molecule has 1 rings (SSSR count). The number of nitrogens with one attached hydrogen (secondary N) is 1. The van der Waals surface area contributed by atoms with Crippen LogP contribution in [0, 0.1) is 0 Å². The van der Waals surface area contributed by atoms with E-state index in [1.54, 1.807) is 19.6 Å². The van der Waals surface area contributed by atoms with E-state index < -0.39 is 0 Å². The molecule has 1 heterocycles. The molecule has 0 unspecified atom stereocenters. The van der Waals surface area contributed by atoms with Gasteiger partial charge >= 0.3 is 0 Å². The van der Waals surface area contributed by atoms with Gasteiger partial charge in [0.25, 0.3) is 0 Å². The maximum Gasteiger partial charge on any atom is 0.188 e. The fourth-order valence-corrected chi connectivity index (χ4v) is 1.05. The second-order valence-electron chi connectivity index (χ2n) is 2.99. The third-order valence-electron chi connectivity index (χ3n) is 1.81. The van der Waals surface area contributed by atoms with Gasteiger partial charge in [-0.15, -0.1) is 0 Å². The Kier molecular flexibility index (Phi) is 5.24. The number of ether oxygens (including phenoxy) is 1. The first kappa shape index (κ1) is 11.5. The van der Waals surface area contributed by atoms with Gasteiger partial charge in [0.1, 0.15) is 0 Å². The van der Waals surface area contributed by atoms with Gasteiger partial charge in [0.2, 0.25) is 0 Å². The Balaban J connectivity index is 2.11. The van der Waals surface area contributed by atoms with Gasteiger partial charge in [-0.05, 0) is 0 Å². The molecule has 6 heteroatoms. The Morgan fingerprint density at radius 2 is 2.53 bits per heavy atom. The Hall–Kier alpha value is -1.56. The molecule has 0 fully saturated rings. The number of aromatic nitrogens is 2.